The van der Waals surface area contributed by atoms with Gasteiger partial charge in [-0.1, -0.05) is 6.07 Å². The first-order valence-electron chi connectivity index (χ1n) is 9.98. The second-order valence-corrected chi connectivity index (χ2v) is 7.18. The fraction of sp³-hybridized carbons (Fsp3) is 0.217. The van der Waals surface area contributed by atoms with Crippen LogP contribution in [0, 0.1) is 0 Å². The third kappa shape index (κ3) is 4.81. The zero-order valence-electron chi connectivity index (χ0n) is 16.5. The van der Waals surface area contributed by atoms with Gasteiger partial charge in [-0.25, -0.2) is 4.98 Å². The summed E-state index contributed by atoms with van der Waals surface area (Å²) in [6, 6.07) is 14.2. The number of carbonyl (C=O) groups is 2. The van der Waals surface area contributed by atoms with Crippen LogP contribution < -0.4 is 15.5 Å². The highest BCUT2D eigenvalue weighted by atomic mass is 16.2. The minimum absolute atomic E-state index is 0.202. The molecule has 3 aromatic rings. The number of benzene rings is 1. The summed E-state index contributed by atoms with van der Waals surface area (Å²) >= 11 is 0. The van der Waals surface area contributed by atoms with Gasteiger partial charge in [0.1, 0.15) is 5.82 Å². The molecule has 2 aromatic heterocycles. The van der Waals surface area contributed by atoms with E-state index in [9.17, 15) is 9.59 Å². The van der Waals surface area contributed by atoms with Gasteiger partial charge in [-0.3, -0.25) is 14.6 Å². The maximum Gasteiger partial charge on any atom is 0.257 e. The first kappa shape index (κ1) is 19.6. The summed E-state index contributed by atoms with van der Waals surface area (Å²) in [5.41, 5.74) is 2.49. The molecule has 2 amide bonds. The van der Waals surface area contributed by atoms with Crippen molar-refractivity contribution < 1.29 is 9.59 Å². The molecule has 0 bridgehead atoms. The summed E-state index contributed by atoms with van der Waals surface area (Å²) in [5, 5.41) is 5.73. The quantitative estimate of drug-likeness (QED) is 0.662. The van der Waals surface area contributed by atoms with E-state index in [4.69, 9.17) is 0 Å². The number of hydrogen-bond donors (Lipinski definition) is 2. The van der Waals surface area contributed by atoms with Crippen molar-refractivity contribution in [2.45, 2.75) is 19.4 Å². The van der Waals surface area contributed by atoms with E-state index in [1.54, 1.807) is 48.8 Å². The molecule has 1 aliphatic heterocycles. The Labute approximate surface area is 175 Å². The molecule has 0 aliphatic carbocycles. The highest BCUT2D eigenvalue weighted by Crippen LogP contribution is 2.18. The average molecular weight is 401 g/mol. The largest absolute Gasteiger partial charge is 0.357 e. The number of carbonyl (C=O) groups excluding carboxylic acids is 2. The lowest BCUT2D eigenvalue weighted by molar-refractivity contribution is 0.0949. The highest BCUT2D eigenvalue weighted by Gasteiger charge is 2.14. The van der Waals surface area contributed by atoms with E-state index < -0.39 is 0 Å². The molecule has 2 N–H and O–H groups in total. The fourth-order valence-electron chi connectivity index (χ4n) is 3.41. The van der Waals surface area contributed by atoms with Crippen molar-refractivity contribution >= 4 is 23.3 Å². The van der Waals surface area contributed by atoms with E-state index >= 15 is 0 Å². The molecular formula is C23H23N5O2. The van der Waals surface area contributed by atoms with Crippen molar-refractivity contribution in [1.82, 2.24) is 15.3 Å². The smallest absolute Gasteiger partial charge is 0.257 e. The Kier molecular flexibility index (Phi) is 5.98. The van der Waals surface area contributed by atoms with Crippen molar-refractivity contribution in [1.29, 1.82) is 0 Å². The van der Waals surface area contributed by atoms with Crippen LogP contribution in [0.15, 0.2) is 67.1 Å². The van der Waals surface area contributed by atoms with Crippen LogP contribution in [0.25, 0.3) is 0 Å². The number of nitrogens with one attached hydrogen (secondary N) is 2. The van der Waals surface area contributed by atoms with Crippen molar-refractivity contribution in [3.05, 3.63) is 83.8 Å². The molecule has 30 heavy (non-hydrogen) atoms. The molecule has 3 heterocycles. The Morgan fingerprint density at radius 3 is 2.57 bits per heavy atom. The van der Waals surface area contributed by atoms with Gasteiger partial charge in [-0.2, -0.15) is 0 Å². The normalized spacial score (nSPS) is 13.1. The number of pyridine rings is 2. The molecule has 7 nitrogen and oxygen atoms in total. The average Bonchev–Trinajstić information content (AvgIpc) is 3.33. The molecule has 1 fully saturated rings. The van der Waals surface area contributed by atoms with Crippen molar-refractivity contribution in [3.63, 3.8) is 0 Å². The van der Waals surface area contributed by atoms with E-state index in [0.717, 1.165) is 24.5 Å². The molecule has 7 heteroatoms. The molecular weight excluding hydrogens is 378 g/mol. The van der Waals surface area contributed by atoms with Crippen molar-refractivity contribution in [2.24, 2.45) is 0 Å². The van der Waals surface area contributed by atoms with E-state index in [2.05, 4.69) is 25.5 Å². The predicted octanol–water partition coefficient (Wildman–Crippen LogP) is 3.26. The predicted molar refractivity (Wildman–Crippen MR) is 115 cm³/mol. The second kappa shape index (κ2) is 9.17. The third-order valence-electron chi connectivity index (χ3n) is 5.00. The van der Waals surface area contributed by atoms with Crippen LogP contribution in [0.3, 0.4) is 0 Å². The first-order valence-corrected chi connectivity index (χ1v) is 9.98. The lowest BCUT2D eigenvalue weighted by atomic mass is 10.1. The zero-order chi connectivity index (χ0) is 20.8. The number of anilines is 2. The fourth-order valence-corrected chi connectivity index (χ4v) is 3.41. The van der Waals surface area contributed by atoms with Gasteiger partial charge in [0.15, 0.2) is 0 Å². The topological polar surface area (TPSA) is 87.2 Å². The van der Waals surface area contributed by atoms with Crippen LogP contribution in [0.5, 0.6) is 0 Å². The Morgan fingerprint density at radius 2 is 1.77 bits per heavy atom. The van der Waals surface area contributed by atoms with Gasteiger partial charge in [-0.15, -0.1) is 0 Å². The van der Waals surface area contributed by atoms with Crippen molar-refractivity contribution in [3.8, 4) is 0 Å². The number of amides is 2. The van der Waals surface area contributed by atoms with Gasteiger partial charge >= 0.3 is 0 Å². The van der Waals surface area contributed by atoms with E-state index in [1.807, 2.05) is 12.1 Å². The van der Waals surface area contributed by atoms with E-state index in [1.165, 1.54) is 19.0 Å². The van der Waals surface area contributed by atoms with Gasteiger partial charge < -0.3 is 15.5 Å². The highest BCUT2D eigenvalue weighted by molar-refractivity contribution is 6.04. The minimum Gasteiger partial charge on any atom is -0.357 e. The van der Waals surface area contributed by atoms with Crippen LogP contribution in [-0.4, -0.2) is 34.9 Å². The molecule has 0 radical (unpaired) electrons. The third-order valence-corrected chi connectivity index (χ3v) is 5.00. The van der Waals surface area contributed by atoms with E-state index in [0.29, 0.717) is 23.4 Å². The summed E-state index contributed by atoms with van der Waals surface area (Å²) in [5.74, 6) is 0.484. The molecule has 0 atom stereocenters. The molecule has 152 valence electrons. The van der Waals surface area contributed by atoms with Crippen LogP contribution >= 0.6 is 0 Å². The van der Waals surface area contributed by atoms with Gasteiger partial charge in [-0.05, 0) is 60.9 Å². The maximum absolute atomic E-state index is 12.6. The Balaban J connectivity index is 1.37. The molecule has 1 aliphatic rings. The maximum atomic E-state index is 12.6. The van der Waals surface area contributed by atoms with Gasteiger partial charge in [0.05, 0.1) is 5.56 Å². The van der Waals surface area contributed by atoms with Gasteiger partial charge in [0.2, 0.25) is 0 Å². The van der Waals surface area contributed by atoms with Crippen LogP contribution in [-0.2, 0) is 6.54 Å². The van der Waals surface area contributed by atoms with E-state index in [-0.39, 0.29) is 11.8 Å². The summed E-state index contributed by atoms with van der Waals surface area (Å²) in [6.07, 6.45) is 7.27. The summed E-state index contributed by atoms with van der Waals surface area (Å²) in [4.78, 5) is 35.5. The lowest BCUT2D eigenvalue weighted by Crippen LogP contribution is -2.24. The van der Waals surface area contributed by atoms with Gasteiger partial charge in [0, 0.05) is 49.5 Å². The van der Waals surface area contributed by atoms with Crippen molar-refractivity contribution in [2.75, 3.05) is 23.3 Å². The number of aromatic nitrogens is 2. The summed E-state index contributed by atoms with van der Waals surface area (Å²) in [7, 11) is 0. The molecule has 4 rings (SSSR count). The zero-order valence-corrected chi connectivity index (χ0v) is 16.5. The molecule has 1 aromatic carbocycles. The number of nitrogens with zero attached hydrogens (tertiary/aromatic N) is 3. The molecule has 0 spiro atoms. The number of hydrogen-bond acceptors (Lipinski definition) is 5. The van der Waals surface area contributed by atoms with Gasteiger partial charge in [0.25, 0.3) is 11.8 Å². The Bertz CT molecular complexity index is 1030. The lowest BCUT2D eigenvalue weighted by Gasteiger charge is -2.17. The summed E-state index contributed by atoms with van der Waals surface area (Å²) in [6.45, 7) is 2.47. The SMILES string of the molecule is O=C(NCc1ccnc(N2CCCC2)c1)c1cccc(NC(=O)c2cccnc2)c1. The Hall–Kier alpha value is -3.74. The standard InChI is InChI=1S/C23H23N5O2/c29-22(26-15-17-8-10-25-21(13-17)28-11-1-2-12-28)18-5-3-7-20(14-18)27-23(30)19-6-4-9-24-16-19/h3-10,13-14,16H,1-2,11-12,15H2,(H,26,29)(H,27,30). The van der Waals surface area contributed by atoms with Crippen LogP contribution in [0.4, 0.5) is 11.5 Å². The minimum atomic E-state index is -0.271. The monoisotopic (exact) mass is 401 g/mol. The Morgan fingerprint density at radius 1 is 0.933 bits per heavy atom. The molecule has 1 saturated heterocycles. The second-order valence-electron chi connectivity index (χ2n) is 7.18. The van der Waals surface area contributed by atoms with Crippen LogP contribution in [0.1, 0.15) is 39.1 Å². The number of rotatable bonds is 6. The molecule has 0 unspecified atom stereocenters. The summed E-state index contributed by atoms with van der Waals surface area (Å²) < 4.78 is 0. The molecule has 0 saturated carbocycles. The first-order chi connectivity index (χ1) is 14.7. The van der Waals surface area contributed by atoms with Crippen LogP contribution in [0.2, 0.25) is 0 Å².